The van der Waals surface area contributed by atoms with Crippen molar-refractivity contribution in [2.75, 3.05) is 25.5 Å². The Morgan fingerprint density at radius 2 is 2.10 bits per heavy atom. The maximum absolute atomic E-state index is 12.4. The quantitative estimate of drug-likeness (QED) is 0.875. The second kappa shape index (κ2) is 7.46. The van der Waals surface area contributed by atoms with Crippen LogP contribution in [0.1, 0.15) is 33.1 Å². The van der Waals surface area contributed by atoms with Crippen LogP contribution in [-0.2, 0) is 4.79 Å². The molecule has 1 aromatic carbocycles. The first-order valence-electron chi connectivity index (χ1n) is 7.79. The van der Waals surface area contributed by atoms with E-state index in [2.05, 4.69) is 24.1 Å². The van der Waals surface area contributed by atoms with Crippen molar-refractivity contribution in [2.24, 2.45) is 5.92 Å². The topological polar surface area (TPSA) is 41.6 Å². The Labute approximate surface area is 127 Å². The van der Waals surface area contributed by atoms with E-state index in [4.69, 9.17) is 4.74 Å². The summed E-state index contributed by atoms with van der Waals surface area (Å²) < 4.78 is 5.12. The molecule has 4 nitrogen and oxygen atoms in total. The highest BCUT2D eigenvalue weighted by atomic mass is 16.5. The number of anilines is 1. The molecule has 1 N–H and O–H groups in total. The summed E-state index contributed by atoms with van der Waals surface area (Å²) in [4.78, 5) is 14.8. The van der Waals surface area contributed by atoms with E-state index in [1.807, 2.05) is 24.3 Å². The maximum Gasteiger partial charge on any atom is 0.241 e. The molecule has 0 spiro atoms. The SMILES string of the molecule is COc1ccc(NC(=O)[C@H]2CCCN2CCC(C)C)cc1. The maximum atomic E-state index is 12.4. The molecule has 1 aromatic rings. The Morgan fingerprint density at radius 3 is 2.71 bits per heavy atom. The van der Waals surface area contributed by atoms with Crippen molar-refractivity contribution in [2.45, 2.75) is 39.2 Å². The lowest BCUT2D eigenvalue weighted by molar-refractivity contribution is -0.120. The standard InChI is InChI=1S/C17H26N2O2/c1-13(2)10-12-19-11-4-5-16(19)17(20)18-14-6-8-15(21-3)9-7-14/h6-9,13,16H,4-5,10-12H2,1-3H3,(H,18,20)/t16-/m1/s1. The predicted molar refractivity (Wildman–Crippen MR) is 85.7 cm³/mol. The normalized spacial score (nSPS) is 19.0. The Bertz CT molecular complexity index is 456. The van der Waals surface area contributed by atoms with Gasteiger partial charge in [-0.1, -0.05) is 13.8 Å². The molecule has 1 fully saturated rings. The van der Waals surface area contributed by atoms with E-state index >= 15 is 0 Å². The van der Waals surface area contributed by atoms with Gasteiger partial charge in [0, 0.05) is 5.69 Å². The third kappa shape index (κ3) is 4.46. The molecular weight excluding hydrogens is 264 g/mol. The number of amides is 1. The number of ether oxygens (including phenoxy) is 1. The van der Waals surface area contributed by atoms with Crippen LogP contribution in [0.5, 0.6) is 5.75 Å². The van der Waals surface area contributed by atoms with E-state index in [9.17, 15) is 4.79 Å². The monoisotopic (exact) mass is 290 g/mol. The van der Waals surface area contributed by atoms with Crippen LogP contribution in [-0.4, -0.2) is 37.0 Å². The van der Waals surface area contributed by atoms with E-state index in [1.165, 1.54) is 0 Å². The zero-order valence-corrected chi connectivity index (χ0v) is 13.3. The lowest BCUT2D eigenvalue weighted by atomic mass is 10.1. The number of nitrogens with one attached hydrogen (secondary N) is 1. The van der Waals surface area contributed by atoms with Crippen molar-refractivity contribution in [3.63, 3.8) is 0 Å². The van der Waals surface area contributed by atoms with Crippen LogP contribution in [0.25, 0.3) is 0 Å². The molecular formula is C17H26N2O2. The van der Waals surface area contributed by atoms with Crippen LogP contribution in [0.15, 0.2) is 24.3 Å². The lowest BCUT2D eigenvalue weighted by Crippen LogP contribution is -2.40. The second-order valence-electron chi connectivity index (χ2n) is 6.09. The first-order chi connectivity index (χ1) is 10.1. The van der Waals surface area contributed by atoms with Gasteiger partial charge in [0.2, 0.25) is 5.91 Å². The van der Waals surface area contributed by atoms with E-state index in [1.54, 1.807) is 7.11 Å². The summed E-state index contributed by atoms with van der Waals surface area (Å²) in [5.74, 6) is 1.59. The molecule has 116 valence electrons. The number of carbonyl (C=O) groups is 1. The minimum atomic E-state index is 0.0193. The molecule has 0 unspecified atom stereocenters. The molecule has 21 heavy (non-hydrogen) atoms. The fourth-order valence-electron chi connectivity index (χ4n) is 2.71. The highest BCUT2D eigenvalue weighted by Crippen LogP contribution is 2.21. The molecule has 1 saturated heterocycles. The van der Waals surface area contributed by atoms with E-state index in [0.717, 1.165) is 43.8 Å². The summed E-state index contributed by atoms with van der Waals surface area (Å²) in [6.07, 6.45) is 3.21. The number of carbonyl (C=O) groups excluding carboxylic acids is 1. The van der Waals surface area contributed by atoms with Crippen LogP contribution in [0, 0.1) is 5.92 Å². The number of methoxy groups -OCH3 is 1. The average Bonchev–Trinajstić information content (AvgIpc) is 2.94. The predicted octanol–water partition coefficient (Wildman–Crippen LogP) is 3.14. The van der Waals surface area contributed by atoms with Gasteiger partial charge in [-0.25, -0.2) is 0 Å². The number of hydrogen-bond donors (Lipinski definition) is 1. The molecule has 1 heterocycles. The number of benzene rings is 1. The smallest absolute Gasteiger partial charge is 0.241 e. The van der Waals surface area contributed by atoms with E-state index in [0.29, 0.717) is 5.92 Å². The molecule has 4 heteroatoms. The highest BCUT2D eigenvalue weighted by Gasteiger charge is 2.30. The minimum absolute atomic E-state index is 0.0193. The van der Waals surface area contributed by atoms with Gasteiger partial charge in [0.1, 0.15) is 5.75 Å². The van der Waals surface area contributed by atoms with Crippen molar-refractivity contribution in [1.29, 1.82) is 0 Å². The average molecular weight is 290 g/mol. The van der Waals surface area contributed by atoms with Gasteiger partial charge in [0.15, 0.2) is 0 Å². The third-order valence-electron chi connectivity index (χ3n) is 4.02. The first-order valence-corrected chi connectivity index (χ1v) is 7.79. The third-order valence-corrected chi connectivity index (χ3v) is 4.02. The van der Waals surface area contributed by atoms with Crippen LogP contribution in [0.4, 0.5) is 5.69 Å². The molecule has 0 radical (unpaired) electrons. The van der Waals surface area contributed by atoms with Crippen molar-refractivity contribution < 1.29 is 9.53 Å². The molecule has 1 aliphatic heterocycles. The zero-order valence-electron chi connectivity index (χ0n) is 13.3. The van der Waals surface area contributed by atoms with Crippen molar-refractivity contribution in [3.8, 4) is 5.75 Å². The van der Waals surface area contributed by atoms with Gasteiger partial charge in [-0.15, -0.1) is 0 Å². The molecule has 0 aromatic heterocycles. The molecule has 1 atom stereocenters. The molecule has 0 saturated carbocycles. The molecule has 2 rings (SSSR count). The summed E-state index contributed by atoms with van der Waals surface area (Å²) in [5, 5.41) is 3.02. The van der Waals surface area contributed by atoms with Gasteiger partial charge in [-0.05, 0) is 62.5 Å². The number of rotatable bonds is 6. The molecule has 0 bridgehead atoms. The Balaban J connectivity index is 1.91. The molecule has 1 aliphatic rings. The summed E-state index contributed by atoms with van der Waals surface area (Å²) in [6, 6.07) is 7.50. The zero-order chi connectivity index (χ0) is 15.2. The van der Waals surface area contributed by atoms with E-state index < -0.39 is 0 Å². The number of likely N-dealkylation sites (tertiary alicyclic amines) is 1. The summed E-state index contributed by atoms with van der Waals surface area (Å²) >= 11 is 0. The fourth-order valence-corrected chi connectivity index (χ4v) is 2.71. The van der Waals surface area contributed by atoms with Crippen LogP contribution in [0.2, 0.25) is 0 Å². The lowest BCUT2D eigenvalue weighted by Gasteiger charge is -2.24. The van der Waals surface area contributed by atoms with Gasteiger partial charge < -0.3 is 10.1 Å². The van der Waals surface area contributed by atoms with Crippen molar-refractivity contribution >= 4 is 11.6 Å². The summed E-state index contributed by atoms with van der Waals surface area (Å²) in [5.41, 5.74) is 0.830. The number of nitrogens with zero attached hydrogens (tertiary/aromatic N) is 1. The van der Waals surface area contributed by atoms with Crippen LogP contribution < -0.4 is 10.1 Å². The first kappa shape index (κ1) is 15.8. The van der Waals surface area contributed by atoms with Gasteiger partial charge in [0.05, 0.1) is 13.2 Å². The van der Waals surface area contributed by atoms with Crippen molar-refractivity contribution in [3.05, 3.63) is 24.3 Å². The summed E-state index contributed by atoms with van der Waals surface area (Å²) in [6.45, 7) is 6.50. The number of hydrogen-bond acceptors (Lipinski definition) is 3. The highest BCUT2D eigenvalue weighted by molar-refractivity contribution is 5.95. The largest absolute Gasteiger partial charge is 0.497 e. The fraction of sp³-hybridized carbons (Fsp3) is 0.588. The summed E-state index contributed by atoms with van der Waals surface area (Å²) in [7, 11) is 1.64. The van der Waals surface area contributed by atoms with Gasteiger partial charge in [0.25, 0.3) is 0 Å². The van der Waals surface area contributed by atoms with Crippen LogP contribution >= 0.6 is 0 Å². The Morgan fingerprint density at radius 1 is 1.38 bits per heavy atom. The van der Waals surface area contributed by atoms with Gasteiger partial charge in [-0.3, -0.25) is 9.69 Å². The van der Waals surface area contributed by atoms with Gasteiger partial charge >= 0.3 is 0 Å². The Hall–Kier alpha value is -1.55. The van der Waals surface area contributed by atoms with Gasteiger partial charge in [-0.2, -0.15) is 0 Å². The molecule has 1 amide bonds. The second-order valence-corrected chi connectivity index (χ2v) is 6.09. The Kier molecular flexibility index (Phi) is 5.62. The minimum Gasteiger partial charge on any atom is -0.497 e. The van der Waals surface area contributed by atoms with E-state index in [-0.39, 0.29) is 11.9 Å². The van der Waals surface area contributed by atoms with Crippen molar-refractivity contribution in [1.82, 2.24) is 4.90 Å². The molecule has 0 aliphatic carbocycles. The van der Waals surface area contributed by atoms with Crippen LogP contribution in [0.3, 0.4) is 0 Å².